The van der Waals surface area contributed by atoms with Crippen molar-refractivity contribution in [1.82, 2.24) is 9.55 Å². The standard InChI is InChI=1S/C12H16N2OS/c1-12(2,15-3)8-14-10-7-5-4-6-9(10)13-11(14)16/h4-7H,8H2,1-3H3,(H,13,16). The van der Waals surface area contributed by atoms with E-state index in [2.05, 4.69) is 29.5 Å². The first-order chi connectivity index (χ1) is 7.53. The van der Waals surface area contributed by atoms with Crippen molar-refractivity contribution < 1.29 is 4.74 Å². The van der Waals surface area contributed by atoms with Crippen LogP contribution in [0.3, 0.4) is 0 Å². The Morgan fingerprint density at radius 1 is 1.38 bits per heavy atom. The molecule has 0 aliphatic heterocycles. The SMILES string of the molecule is COC(C)(C)Cn1c(=S)[nH]c2ccccc21. The molecular weight excluding hydrogens is 220 g/mol. The molecule has 2 rings (SSSR count). The number of H-pyrrole nitrogens is 1. The van der Waals surface area contributed by atoms with Gasteiger partial charge in [-0.05, 0) is 38.2 Å². The molecule has 0 atom stereocenters. The maximum absolute atomic E-state index is 5.43. The predicted molar refractivity (Wildman–Crippen MR) is 68.2 cm³/mol. The van der Waals surface area contributed by atoms with Gasteiger partial charge in [0.05, 0.1) is 23.2 Å². The third-order valence-corrected chi connectivity index (χ3v) is 3.10. The van der Waals surface area contributed by atoms with Gasteiger partial charge in [-0.1, -0.05) is 12.1 Å². The van der Waals surface area contributed by atoms with E-state index in [1.165, 1.54) is 0 Å². The fraction of sp³-hybridized carbons (Fsp3) is 0.417. The second-order valence-electron chi connectivity index (χ2n) is 4.50. The average molecular weight is 236 g/mol. The number of aromatic amines is 1. The van der Waals surface area contributed by atoms with E-state index >= 15 is 0 Å². The van der Waals surface area contributed by atoms with E-state index < -0.39 is 0 Å². The summed E-state index contributed by atoms with van der Waals surface area (Å²) in [5.41, 5.74) is 1.97. The molecule has 0 saturated heterocycles. The summed E-state index contributed by atoms with van der Waals surface area (Å²) >= 11 is 5.32. The van der Waals surface area contributed by atoms with Gasteiger partial charge in [-0.3, -0.25) is 0 Å². The molecule has 0 aliphatic rings. The Morgan fingerprint density at radius 2 is 2.06 bits per heavy atom. The van der Waals surface area contributed by atoms with E-state index in [1.807, 2.05) is 18.2 Å². The lowest BCUT2D eigenvalue weighted by atomic mass is 10.1. The molecule has 16 heavy (non-hydrogen) atoms. The summed E-state index contributed by atoms with van der Waals surface area (Å²) < 4.78 is 8.25. The molecule has 86 valence electrons. The van der Waals surface area contributed by atoms with Gasteiger partial charge in [0, 0.05) is 7.11 Å². The molecule has 0 radical (unpaired) electrons. The van der Waals surface area contributed by atoms with Gasteiger partial charge < -0.3 is 14.3 Å². The van der Waals surface area contributed by atoms with Gasteiger partial charge in [0.2, 0.25) is 0 Å². The lowest BCUT2D eigenvalue weighted by molar-refractivity contribution is 0.00873. The zero-order valence-electron chi connectivity index (χ0n) is 9.78. The number of fused-ring (bicyclic) bond motifs is 1. The zero-order chi connectivity index (χ0) is 11.8. The van der Waals surface area contributed by atoms with Crippen LogP contribution in [0.25, 0.3) is 11.0 Å². The lowest BCUT2D eigenvalue weighted by Gasteiger charge is -2.23. The van der Waals surface area contributed by atoms with Gasteiger partial charge in [0.15, 0.2) is 4.77 Å². The first kappa shape index (κ1) is 11.4. The number of aromatic nitrogens is 2. The van der Waals surface area contributed by atoms with E-state index in [-0.39, 0.29) is 5.60 Å². The van der Waals surface area contributed by atoms with E-state index in [0.717, 1.165) is 22.3 Å². The first-order valence-electron chi connectivity index (χ1n) is 5.26. The van der Waals surface area contributed by atoms with Crippen molar-refractivity contribution in [2.75, 3.05) is 7.11 Å². The number of hydrogen-bond donors (Lipinski definition) is 1. The Hall–Kier alpha value is -1.13. The first-order valence-corrected chi connectivity index (χ1v) is 5.67. The molecule has 0 bridgehead atoms. The highest BCUT2D eigenvalue weighted by molar-refractivity contribution is 7.71. The number of nitrogens with one attached hydrogen (secondary N) is 1. The summed E-state index contributed by atoms with van der Waals surface area (Å²) in [5, 5.41) is 0. The molecule has 0 spiro atoms. The number of nitrogens with zero attached hydrogens (tertiary/aromatic N) is 1. The number of benzene rings is 1. The molecule has 0 amide bonds. The Labute approximate surface area is 100 Å². The van der Waals surface area contributed by atoms with E-state index in [9.17, 15) is 0 Å². The third kappa shape index (κ3) is 2.03. The summed E-state index contributed by atoms with van der Waals surface area (Å²) in [4.78, 5) is 3.20. The van der Waals surface area contributed by atoms with E-state index in [0.29, 0.717) is 0 Å². The van der Waals surface area contributed by atoms with Crippen LogP contribution < -0.4 is 0 Å². The maximum Gasteiger partial charge on any atom is 0.178 e. The van der Waals surface area contributed by atoms with Crippen LogP contribution in [-0.4, -0.2) is 22.3 Å². The van der Waals surface area contributed by atoms with Gasteiger partial charge in [-0.15, -0.1) is 0 Å². The number of rotatable bonds is 3. The number of hydrogen-bond acceptors (Lipinski definition) is 2. The van der Waals surface area contributed by atoms with Crippen LogP contribution in [0.15, 0.2) is 24.3 Å². The van der Waals surface area contributed by atoms with E-state index in [4.69, 9.17) is 17.0 Å². The van der Waals surface area contributed by atoms with Crippen molar-refractivity contribution in [1.29, 1.82) is 0 Å². The molecular formula is C12H16N2OS. The highest BCUT2D eigenvalue weighted by atomic mass is 32.1. The zero-order valence-corrected chi connectivity index (χ0v) is 10.6. The minimum absolute atomic E-state index is 0.219. The van der Waals surface area contributed by atoms with Gasteiger partial charge in [-0.2, -0.15) is 0 Å². The molecule has 4 heteroatoms. The van der Waals surface area contributed by atoms with Crippen LogP contribution in [0.2, 0.25) is 0 Å². The topological polar surface area (TPSA) is 29.9 Å². The number of para-hydroxylation sites is 2. The summed E-state index contributed by atoms with van der Waals surface area (Å²) in [7, 11) is 1.72. The molecule has 2 aromatic rings. The van der Waals surface area contributed by atoms with Crippen LogP contribution in [0.1, 0.15) is 13.8 Å². The van der Waals surface area contributed by atoms with Crippen LogP contribution in [0.5, 0.6) is 0 Å². The minimum atomic E-state index is -0.219. The van der Waals surface area contributed by atoms with Crippen molar-refractivity contribution in [2.24, 2.45) is 0 Å². The van der Waals surface area contributed by atoms with Gasteiger partial charge in [0.1, 0.15) is 0 Å². The van der Waals surface area contributed by atoms with Crippen LogP contribution in [0, 0.1) is 4.77 Å². The second-order valence-corrected chi connectivity index (χ2v) is 4.88. The molecule has 1 aromatic heterocycles. The molecule has 3 nitrogen and oxygen atoms in total. The van der Waals surface area contributed by atoms with Crippen LogP contribution >= 0.6 is 12.2 Å². The molecule has 1 heterocycles. The molecule has 0 fully saturated rings. The molecule has 0 unspecified atom stereocenters. The predicted octanol–water partition coefficient (Wildman–Crippen LogP) is 3.12. The average Bonchev–Trinajstić information content (AvgIpc) is 2.56. The number of imidazole rings is 1. The fourth-order valence-electron chi connectivity index (χ4n) is 1.71. The highest BCUT2D eigenvalue weighted by Gasteiger charge is 2.18. The quantitative estimate of drug-likeness (QED) is 0.830. The van der Waals surface area contributed by atoms with Crippen molar-refractivity contribution in [3.63, 3.8) is 0 Å². The van der Waals surface area contributed by atoms with Crippen LogP contribution in [0.4, 0.5) is 0 Å². The number of ether oxygens (including phenoxy) is 1. The molecule has 0 aliphatic carbocycles. The summed E-state index contributed by atoms with van der Waals surface area (Å²) in [6, 6.07) is 8.11. The third-order valence-electron chi connectivity index (χ3n) is 2.77. The lowest BCUT2D eigenvalue weighted by Crippen LogP contribution is -2.29. The summed E-state index contributed by atoms with van der Waals surface area (Å²) in [6.07, 6.45) is 0. The fourth-order valence-corrected chi connectivity index (χ4v) is 1.98. The second kappa shape index (κ2) is 4.03. The van der Waals surface area contributed by atoms with Gasteiger partial charge >= 0.3 is 0 Å². The largest absolute Gasteiger partial charge is 0.377 e. The number of methoxy groups -OCH3 is 1. The maximum atomic E-state index is 5.43. The van der Waals surface area contributed by atoms with Crippen molar-refractivity contribution in [3.8, 4) is 0 Å². The summed E-state index contributed by atoms with van der Waals surface area (Å²) in [6.45, 7) is 4.85. The van der Waals surface area contributed by atoms with Crippen molar-refractivity contribution in [3.05, 3.63) is 29.0 Å². The van der Waals surface area contributed by atoms with Crippen molar-refractivity contribution >= 4 is 23.3 Å². The minimum Gasteiger partial charge on any atom is -0.377 e. The van der Waals surface area contributed by atoms with Gasteiger partial charge in [-0.25, -0.2) is 0 Å². The highest BCUT2D eigenvalue weighted by Crippen LogP contribution is 2.18. The smallest absolute Gasteiger partial charge is 0.178 e. The molecule has 1 N–H and O–H groups in total. The molecule has 0 saturated carbocycles. The Kier molecular flexibility index (Phi) is 2.86. The van der Waals surface area contributed by atoms with Crippen LogP contribution in [-0.2, 0) is 11.3 Å². The Bertz CT molecular complexity index is 553. The van der Waals surface area contributed by atoms with Crippen molar-refractivity contribution in [2.45, 2.75) is 26.0 Å². The summed E-state index contributed by atoms with van der Waals surface area (Å²) in [5.74, 6) is 0. The van der Waals surface area contributed by atoms with E-state index in [1.54, 1.807) is 7.11 Å². The van der Waals surface area contributed by atoms with Gasteiger partial charge in [0.25, 0.3) is 0 Å². The monoisotopic (exact) mass is 236 g/mol. The normalized spacial score (nSPS) is 12.2. The Balaban J connectivity index is 2.52. The Morgan fingerprint density at radius 3 is 2.75 bits per heavy atom. The molecule has 1 aromatic carbocycles.